The normalized spacial score (nSPS) is 12.9. The van der Waals surface area contributed by atoms with E-state index in [9.17, 15) is 4.39 Å². The van der Waals surface area contributed by atoms with E-state index in [0.717, 1.165) is 5.56 Å². The first kappa shape index (κ1) is 11.4. The zero-order valence-corrected chi connectivity index (χ0v) is 8.68. The molecule has 2 N–H and O–H groups in total. The van der Waals surface area contributed by atoms with Crippen LogP contribution in [0.4, 0.5) is 4.39 Å². The quantitative estimate of drug-likeness (QED) is 0.806. The van der Waals surface area contributed by atoms with Crippen molar-refractivity contribution in [3.63, 3.8) is 0 Å². The Bertz CT molecular complexity index is 306. The van der Waals surface area contributed by atoms with E-state index in [2.05, 4.69) is 5.32 Å². The largest absolute Gasteiger partial charge is 0.396 e. The number of rotatable bonds is 4. The Hall–Kier alpha value is -0.640. The minimum atomic E-state index is -0.434. The van der Waals surface area contributed by atoms with Gasteiger partial charge in [-0.3, -0.25) is 0 Å². The van der Waals surface area contributed by atoms with Gasteiger partial charge in [0.15, 0.2) is 0 Å². The molecule has 4 heteroatoms. The fourth-order valence-corrected chi connectivity index (χ4v) is 1.49. The first-order valence-electron chi connectivity index (χ1n) is 4.39. The maximum Gasteiger partial charge on any atom is 0.141 e. The first-order chi connectivity index (χ1) is 6.69. The third-order valence-corrected chi connectivity index (χ3v) is 2.38. The molecular formula is C10H13ClFNO. The Kier molecular flexibility index (Phi) is 4.32. The van der Waals surface area contributed by atoms with E-state index >= 15 is 0 Å². The lowest BCUT2D eigenvalue weighted by molar-refractivity contribution is 0.263. The van der Waals surface area contributed by atoms with Crippen LogP contribution in [-0.2, 0) is 0 Å². The lowest BCUT2D eigenvalue weighted by atomic mass is 10.00. The molecule has 1 atom stereocenters. The van der Waals surface area contributed by atoms with Crippen LogP contribution in [0.15, 0.2) is 18.2 Å². The van der Waals surface area contributed by atoms with E-state index in [-0.39, 0.29) is 17.5 Å². The minimum absolute atomic E-state index is 0.0167. The molecule has 0 radical (unpaired) electrons. The van der Waals surface area contributed by atoms with Crippen molar-refractivity contribution in [2.24, 2.45) is 0 Å². The van der Waals surface area contributed by atoms with Crippen molar-refractivity contribution in [3.05, 3.63) is 34.6 Å². The van der Waals surface area contributed by atoms with Gasteiger partial charge in [-0.25, -0.2) is 4.39 Å². The third-order valence-electron chi connectivity index (χ3n) is 2.09. The predicted molar refractivity (Wildman–Crippen MR) is 55.2 cm³/mol. The molecule has 0 heterocycles. The van der Waals surface area contributed by atoms with Gasteiger partial charge in [0.25, 0.3) is 0 Å². The number of aliphatic hydroxyl groups is 1. The predicted octanol–water partition coefficient (Wildman–Crippen LogP) is 1.77. The van der Waals surface area contributed by atoms with E-state index < -0.39 is 5.82 Å². The highest BCUT2D eigenvalue weighted by Crippen LogP contribution is 2.21. The first-order valence-corrected chi connectivity index (χ1v) is 4.77. The van der Waals surface area contributed by atoms with E-state index in [1.807, 2.05) is 0 Å². The molecule has 0 aliphatic carbocycles. The maximum atomic E-state index is 12.8. The van der Waals surface area contributed by atoms with E-state index in [1.165, 1.54) is 6.07 Å². The number of hydrogen-bond donors (Lipinski definition) is 2. The van der Waals surface area contributed by atoms with E-state index in [4.69, 9.17) is 16.7 Å². The fraction of sp³-hybridized carbons (Fsp3) is 0.400. The average Bonchev–Trinajstić information content (AvgIpc) is 2.19. The Labute approximate surface area is 87.7 Å². The zero-order valence-electron chi connectivity index (χ0n) is 7.93. The molecule has 0 fully saturated rings. The van der Waals surface area contributed by atoms with Crippen molar-refractivity contribution in [2.75, 3.05) is 20.2 Å². The molecule has 0 aliphatic rings. The Balaban J connectivity index is 2.88. The van der Waals surface area contributed by atoms with Crippen LogP contribution in [0.2, 0.25) is 5.02 Å². The molecule has 0 aromatic heterocycles. The van der Waals surface area contributed by atoms with Gasteiger partial charge in [0.1, 0.15) is 5.82 Å². The molecular weight excluding hydrogens is 205 g/mol. The fourth-order valence-electron chi connectivity index (χ4n) is 1.30. The standard InChI is InChI=1S/C10H13ClFNO/c1-13-5-8(6-14)7-2-3-10(12)9(11)4-7/h2-4,8,13-14H,5-6H2,1H3. The summed E-state index contributed by atoms with van der Waals surface area (Å²) in [5.74, 6) is -0.477. The summed E-state index contributed by atoms with van der Waals surface area (Å²) < 4.78 is 12.8. The Morgan fingerprint density at radius 3 is 2.79 bits per heavy atom. The summed E-state index contributed by atoms with van der Waals surface area (Å²) in [4.78, 5) is 0. The highest BCUT2D eigenvalue weighted by molar-refractivity contribution is 6.30. The SMILES string of the molecule is CNCC(CO)c1ccc(F)c(Cl)c1. The summed E-state index contributed by atoms with van der Waals surface area (Å²) >= 11 is 5.64. The number of halogens is 2. The molecule has 0 spiro atoms. The van der Waals surface area contributed by atoms with Crippen molar-refractivity contribution in [3.8, 4) is 0 Å². The van der Waals surface area contributed by atoms with Crippen molar-refractivity contribution >= 4 is 11.6 Å². The summed E-state index contributed by atoms with van der Waals surface area (Å²) in [5, 5.41) is 12.1. The van der Waals surface area contributed by atoms with Gasteiger partial charge in [-0.2, -0.15) is 0 Å². The molecule has 1 rings (SSSR count). The highest BCUT2D eigenvalue weighted by atomic mass is 35.5. The number of aliphatic hydroxyl groups excluding tert-OH is 1. The highest BCUT2D eigenvalue weighted by Gasteiger charge is 2.11. The van der Waals surface area contributed by atoms with Crippen LogP contribution in [-0.4, -0.2) is 25.3 Å². The van der Waals surface area contributed by atoms with Crippen molar-refractivity contribution in [1.82, 2.24) is 5.32 Å². The van der Waals surface area contributed by atoms with Gasteiger partial charge in [0, 0.05) is 12.5 Å². The summed E-state index contributed by atoms with van der Waals surface area (Å²) in [5.41, 5.74) is 0.841. The van der Waals surface area contributed by atoms with E-state index in [1.54, 1.807) is 19.2 Å². The lowest BCUT2D eigenvalue weighted by Crippen LogP contribution is -2.20. The molecule has 78 valence electrons. The smallest absolute Gasteiger partial charge is 0.141 e. The maximum absolute atomic E-state index is 12.8. The van der Waals surface area contributed by atoms with Gasteiger partial charge in [0.05, 0.1) is 11.6 Å². The third kappa shape index (κ3) is 2.67. The van der Waals surface area contributed by atoms with Crippen LogP contribution < -0.4 is 5.32 Å². The molecule has 0 aliphatic heterocycles. The molecule has 1 aromatic carbocycles. The lowest BCUT2D eigenvalue weighted by Gasteiger charge is -2.14. The number of likely N-dealkylation sites (N-methyl/N-ethyl adjacent to an activating group) is 1. The second-order valence-corrected chi connectivity index (χ2v) is 3.52. The van der Waals surface area contributed by atoms with Gasteiger partial charge in [-0.15, -0.1) is 0 Å². The zero-order chi connectivity index (χ0) is 10.6. The molecule has 0 amide bonds. The van der Waals surface area contributed by atoms with E-state index in [0.29, 0.717) is 6.54 Å². The molecule has 0 bridgehead atoms. The van der Waals surface area contributed by atoms with Gasteiger partial charge >= 0.3 is 0 Å². The molecule has 1 aromatic rings. The Morgan fingerprint density at radius 2 is 2.29 bits per heavy atom. The van der Waals surface area contributed by atoms with Gasteiger partial charge < -0.3 is 10.4 Å². The summed E-state index contributed by atoms with van der Waals surface area (Å²) in [6.45, 7) is 0.654. The van der Waals surface area contributed by atoms with Gasteiger partial charge in [-0.05, 0) is 24.7 Å². The second-order valence-electron chi connectivity index (χ2n) is 3.11. The number of benzene rings is 1. The molecule has 0 saturated carbocycles. The van der Waals surface area contributed by atoms with Crippen LogP contribution >= 0.6 is 11.6 Å². The van der Waals surface area contributed by atoms with Crippen molar-refractivity contribution in [2.45, 2.75) is 5.92 Å². The van der Waals surface area contributed by atoms with Crippen molar-refractivity contribution < 1.29 is 9.50 Å². The monoisotopic (exact) mass is 217 g/mol. The molecule has 0 saturated heterocycles. The summed E-state index contributed by atoms with van der Waals surface area (Å²) in [6.07, 6.45) is 0. The Morgan fingerprint density at radius 1 is 1.57 bits per heavy atom. The van der Waals surface area contributed by atoms with Gasteiger partial charge in [-0.1, -0.05) is 17.7 Å². The minimum Gasteiger partial charge on any atom is -0.396 e. The number of nitrogens with one attached hydrogen (secondary N) is 1. The van der Waals surface area contributed by atoms with Crippen LogP contribution in [0.25, 0.3) is 0 Å². The number of hydrogen-bond acceptors (Lipinski definition) is 2. The second kappa shape index (κ2) is 5.29. The van der Waals surface area contributed by atoms with Gasteiger partial charge in [0.2, 0.25) is 0 Å². The van der Waals surface area contributed by atoms with Crippen LogP contribution in [0.3, 0.4) is 0 Å². The molecule has 14 heavy (non-hydrogen) atoms. The average molecular weight is 218 g/mol. The van der Waals surface area contributed by atoms with Crippen LogP contribution in [0.5, 0.6) is 0 Å². The van der Waals surface area contributed by atoms with Crippen LogP contribution in [0.1, 0.15) is 11.5 Å². The van der Waals surface area contributed by atoms with Crippen molar-refractivity contribution in [1.29, 1.82) is 0 Å². The topological polar surface area (TPSA) is 32.3 Å². The summed E-state index contributed by atoms with van der Waals surface area (Å²) in [7, 11) is 1.80. The van der Waals surface area contributed by atoms with Crippen LogP contribution in [0, 0.1) is 5.82 Å². The summed E-state index contributed by atoms with van der Waals surface area (Å²) in [6, 6.07) is 4.50. The molecule has 1 unspecified atom stereocenters. The molecule has 2 nitrogen and oxygen atoms in total.